The third-order valence-electron chi connectivity index (χ3n) is 6.25. The normalized spacial score (nSPS) is 16.9. The number of amides is 2. The summed E-state index contributed by atoms with van der Waals surface area (Å²) in [4.78, 5) is 28.8. The minimum Gasteiger partial charge on any atom is -0.494 e. The van der Waals surface area contributed by atoms with Gasteiger partial charge in [-0.05, 0) is 63.0 Å². The average Bonchev–Trinajstić information content (AvgIpc) is 2.79. The second kappa shape index (κ2) is 10.0. The van der Waals surface area contributed by atoms with Crippen LogP contribution in [0.15, 0.2) is 42.5 Å². The van der Waals surface area contributed by atoms with Crippen molar-refractivity contribution in [2.75, 3.05) is 50.1 Å². The van der Waals surface area contributed by atoms with Gasteiger partial charge in [0.05, 0.1) is 24.5 Å². The van der Waals surface area contributed by atoms with E-state index < -0.39 is 0 Å². The number of carbonyl (C=O) groups excluding carboxylic acids is 2. The molecule has 4 rings (SSSR count). The molecule has 2 aliphatic rings. The number of carbonyl (C=O) groups is 2. The van der Waals surface area contributed by atoms with E-state index in [-0.39, 0.29) is 11.8 Å². The summed E-state index contributed by atoms with van der Waals surface area (Å²) in [6, 6.07) is 13.7. The molecule has 0 unspecified atom stereocenters. The van der Waals surface area contributed by atoms with E-state index >= 15 is 0 Å². The van der Waals surface area contributed by atoms with E-state index in [0.29, 0.717) is 36.9 Å². The zero-order valence-corrected chi connectivity index (χ0v) is 18.9. The Hall–Kier alpha value is -3.06. The zero-order chi connectivity index (χ0) is 22.5. The Balaban J connectivity index is 1.26. The Bertz CT molecular complexity index is 969. The molecule has 0 bridgehead atoms. The molecule has 0 aliphatic carbocycles. The van der Waals surface area contributed by atoms with Gasteiger partial charge in [0.1, 0.15) is 5.75 Å². The summed E-state index contributed by atoms with van der Waals surface area (Å²) >= 11 is 0. The minimum absolute atomic E-state index is 0.0619. The first kappa shape index (κ1) is 22.1. The van der Waals surface area contributed by atoms with E-state index in [1.807, 2.05) is 43.1 Å². The van der Waals surface area contributed by atoms with Crippen molar-refractivity contribution in [1.29, 1.82) is 0 Å². The van der Waals surface area contributed by atoms with E-state index in [0.717, 1.165) is 43.9 Å². The maximum atomic E-state index is 12.7. The quantitative estimate of drug-likeness (QED) is 0.698. The van der Waals surface area contributed by atoms with Gasteiger partial charge in [-0.2, -0.15) is 0 Å². The molecule has 0 spiro atoms. The van der Waals surface area contributed by atoms with Crippen molar-refractivity contribution in [3.63, 3.8) is 0 Å². The van der Waals surface area contributed by atoms with Crippen LogP contribution in [0.5, 0.6) is 5.75 Å². The van der Waals surface area contributed by atoms with E-state index in [2.05, 4.69) is 27.7 Å². The van der Waals surface area contributed by atoms with Gasteiger partial charge in [0.15, 0.2) is 0 Å². The Morgan fingerprint density at radius 3 is 2.75 bits per heavy atom. The molecule has 170 valence electrons. The van der Waals surface area contributed by atoms with Crippen molar-refractivity contribution in [3.05, 3.63) is 53.6 Å². The lowest BCUT2D eigenvalue weighted by Crippen LogP contribution is -2.38. The van der Waals surface area contributed by atoms with Gasteiger partial charge < -0.3 is 20.3 Å². The number of hydrogen-bond donors (Lipinski definition) is 2. The third kappa shape index (κ3) is 5.22. The molecule has 7 heteroatoms. The standard InChI is InChI=1S/C25H32N4O3/c1-3-32-23-7-5-4-6-20(23)16-29-12-10-18(11-13-29)15-26-25(31)19-8-9-22-21(14-19)27-24(30)17-28(22)2/h4-9,14,18H,3,10-13,15-17H2,1-2H3,(H,26,31)(H,27,30). The van der Waals surface area contributed by atoms with Crippen molar-refractivity contribution in [1.82, 2.24) is 10.2 Å². The molecule has 32 heavy (non-hydrogen) atoms. The van der Waals surface area contributed by atoms with Crippen molar-refractivity contribution < 1.29 is 14.3 Å². The van der Waals surface area contributed by atoms with Gasteiger partial charge in [-0.15, -0.1) is 0 Å². The van der Waals surface area contributed by atoms with Gasteiger partial charge in [-0.25, -0.2) is 0 Å². The molecule has 0 atom stereocenters. The number of hydrogen-bond acceptors (Lipinski definition) is 5. The molecule has 2 aromatic carbocycles. The highest BCUT2D eigenvalue weighted by Crippen LogP contribution is 2.29. The molecular weight excluding hydrogens is 404 g/mol. The van der Waals surface area contributed by atoms with Crippen LogP contribution >= 0.6 is 0 Å². The van der Waals surface area contributed by atoms with E-state index in [1.165, 1.54) is 5.56 Å². The van der Waals surface area contributed by atoms with Gasteiger partial charge in [-0.1, -0.05) is 18.2 Å². The van der Waals surface area contributed by atoms with E-state index in [4.69, 9.17) is 4.74 Å². The molecule has 2 amide bonds. The number of benzene rings is 2. The fourth-order valence-corrected chi connectivity index (χ4v) is 4.46. The first-order valence-corrected chi connectivity index (χ1v) is 11.4. The largest absolute Gasteiger partial charge is 0.494 e. The average molecular weight is 437 g/mol. The third-order valence-corrected chi connectivity index (χ3v) is 6.25. The lowest BCUT2D eigenvalue weighted by molar-refractivity contribution is -0.115. The summed E-state index contributed by atoms with van der Waals surface area (Å²) in [5, 5.41) is 5.94. The van der Waals surface area contributed by atoms with Crippen LogP contribution in [0.2, 0.25) is 0 Å². The van der Waals surface area contributed by atoms with Crippen molar-refractivity contribution in [2.45, 2.75) is 26.3 Å². The molecule has 2 heterocycles. The Morgan fingerprint density at radius 1 is 1.19 bits per heavy atom. The number of para-hydroxylation sites is 1. The number of anilines is 2. The Kier molecular flexibility index (Phi) is 6.95. The van der Waals surface area contributed by atoms with Crippen molar-refractivity contribution >= 4 is 23.2 Å². The fraction of sp³-hybridized carbons (Fsp3) is 0.440. The highest BCUT2D eigenvalue weighted by Gasteiger charge is 2.23. The smallest absolute Gasteiger partial charge is 0.251 e. The molecule has 1 saturated heterocycles. The van der Waals surface area contributed by atoms with Gasteiger partial charge >= 0.3 is 0 Å². The maximum absolute atomic E-state index is 12.7. The summed E-state index contributed by atoms with van der Waals surface area (Å²) in [5.41, 5.74) is 3.42. The summed E-state index contributed by atoms with van der Waals surface area (Å²) in [6.07, 6.45) is 2.12. The van der Waals surface area contributed by atoms with Crippen LogP contribution in [0, 0.1) is 5.92 Å². The number of nitrogens with zero attached hydrogens (tertiary/aromatic N) is 2. The fourth-order valence-electron chi connectivity index (χ4n) is 4.46. The number of fused-ring (bicyclic) bond motifs is 1. The highest BCUT2D eigenvalue weighted by atomic mass is 16.5. The maximum Gasteiger partial charge on any atom is 0.251 e. The lowest BCUT2D eigenvalue weighted by atomic mass is 9.96. The summed E-state index contributed by atoms with van der Waals surface area (Å²) in [6.45, 7) is 6.60. The van der Waals surface area contributed by atoms with E-state index in [1.54, 1.807) is 6.07 Å². The van der Waals surface area contributed by atoms with Crippen molar-refractivity contribution in [2.24, 2.45) is 5.92 Å². The molecule has 1 fully saturated rings. The first-order valence-electron chi connectivity index (χ1n) is 11.4. The van der Waals surface area contributed by atoms with Gasteiger partial charge in [0.25, 0.3) is 5.91 Å². The molecule has 7 nitrogen and oxygen atoms in total. The monoisotopic (exact) mass is 436 g/mol. The van der Waals surface area contributed by atoms with Crippen LogP contribution in [0.25, 0.3) is 0 Å². The van der Waals surface area contributed by atoms with Crippen LogP contribution in [0.3, 0.4) is 0 Å². The zero-order valence-electron chi connectivity index (χ0n) is 18.9. The van der Waals surface area contributed by atoms with Crippen LogP contribution in [-0.2, 0) is 11.3 Å². The topological polar surface area (TPSA) is 73.9 Å². The summed E-state index contributed by atoms with van der Waals surface area (Å²) in [7, 11) is 1.87. The number of ether oxygens (including phenoxy) is 1. The predicted molar refractivity (Wildman–Crippen MR) is 126 cm³/mol. The lowest BCUT2D eigenvalue weighted by Gasteiger charge is -2.32. The Morgan fingerprint density at radius 2 is 1.97 bits per heavy atom. The predicted octanol–water partition coefficient (Wildman–Crippen LogP) is 3.12. The molecule has 0 radical (unpaired) electrons. The highest BCUT2D eigenvalue weighted by molar-refractivity contribution is 6.03. The van der Waals surface area contributed by atoms with Gasteiger partial charge in [0, 0.05) is 31.3 Å². The molecule has 0 aromatic heterocycles. The van der Waals surface area contributed by atoms with Crippen LogP contribution in [-0.4, -0.2) is 56.5 Å². The molecule has 0 saturated carbocycles. The first-order chi connectivity index (χ1) is 15.5. The minimum atomic E-state index is -0.0941. The van der Waals surface area contributed by atoms with Gasteiger partial charge in [0.2, 0.25) is 5.91 Å². The van der Waals surface area contributed by atoms with E-state index in [9.17, 15) is 9.59 Å². The summed E-state index contributed by atoms with van der Waals surface area (Å²) in [5.74, 6) is 1.29. The van der Waals surface area contributed by atoms with Gasteiger partial charge in [-0.3, -0.25) is 14.5 Å². The molecule has 2 aliphatic heterocycles. The number of rotatable bonds is 7. The SMILES string of the molecule is CCOc1ccccc1CN1CCC(CNC(=O)c2ccc3c(c2)NC(=O)CN3C)CC1. The number of piperidine rings is 1. The van der Waals surface area contributed by atoms with Crippen LogP contribution in [0.4, 0.5) is 11.4 Å². The Labute approximate surface area is 189 Å². The number of likely N-dealkylation sites (tertiary alicyclic amines) is 1. The van der Waals surface area contributed by atoms with Crippen molar-refractivity contribution in [3.8, 4) is 5.75 Å². The second-order valence-corrected chi connectivity index (χ2v) is 8.61. The number of nitrogens with one attached hydrogen (secondary N) is 2. The molecular formula is C25H32N4O3. The van der Waals surface area contributed by atoms with Crippen LogP contribution in [0.1, 0.15) is 35.7 Å². The second-order valence-electron chi connectivity index (χ2n) is 8.61. The summed E-state index contributed by atoms with van der Waals surface area (Å²) < 4.78 is 5.75. The number of likely N-dealkylation sites (N-methyl/N-ethyl adjacent to an activating group) is 1. The molecule has 2 N–H and O–H groups in total. The molecule has 2 aromatic rings. The van der Waals surface area contributed by atoms with Crippen LogP contribution < -0.4 is 20.3 Å².